The molecule has 0 atom stereocenters. The van der Waals surface area contributed by atoms with Gasteiger partial charge in [0.05, 0.1) is 12.8 Å². The summed E-state index contributed by atoms with van der Waals surface area (Å²) in [4.78, 5) is 0. The molecule has 5 nitrogen and oxygen atoms in total. The number of aromatic hydroxyl groups is 1. The molecule has 0 aliphatic heterocycles. The molecule has 0 saturated carbocycles. The summed E-state index contributed by atoms with van der Waals surface area (Å²) in [5, 5.41) is 15.7. The van der Waals surface area contributed by atoms with E-state index in [0.717, 1.165) is 0 Å². The van der Waals surface area contributed by atoms with E-state index in [9.17, 15) is 9.50 Å². The van der Waals surface area contributed by atoms with Crippen LogP contribution in [0.5, 0.6) is 11.5 Å². The third kappa shape index (κ3) is 1.65. The van der Waals surface area contributed by atoms with E-state index in [1.807, 2.05) is 0 Å². The Morgan fingerprint density at radius 1 is 1.44 bits per heavy atom. The zero-order chi connectivity index (χ0) is 11.7. The minimum atomic E-state index is -0.762. The van der Waals surface area contributed by atoms with Crippen molar-refractivity contribution in [1.29, 1.82) is 0 Å². The van der Waals surface area contributed by atoms with Crippen LogP contribution in [0.4, 0.5) is 10.2 Å². The number of phenolic OH excluding ortho intramolecular Hbond substituents is 1. The highest BCUT2D eigenvalue weighted by atomic mass is 19.1. The fraction of sp³-hybridized carbons (Fsp3) is 0.100. The smallest absolute Gasteiger partial charge is 0.194 e. The zero-order valence-corrected chi connectivity index (χ0v) is 8.49. The van der Waals surface area contributed by atoms with Crippen LogP contribution in [-0.2, 0) is 0 Å². The lowest BCUT2D eigenvalue weighted by Gasteiger charge is -2.06. The molecule has 1 aromatic heterocycles. The summed E-state index contributed by atoms with van der Waals surface area (Å²) in [6.07, 6.45) is 0. The molecular formula is C10H10FN3O2. The predicted octanol–water partition coefficient (Wildman–Crippen LogP) is 1.51. The second kappa shape index (κ2) is 3.73. The summed E-state index contributed by atoms with van der Waals surface area (Å²) in [5.74, 6) is -0.910. The van der Waals surface area contributed by atoms with Crippen molar-refractivity contribution in [2.24, 2.45) is 0 Å². The summed E-state index contributed by atoms with van der Waals surface area (Å²) in [5.41, 5.74) is 6.48. The van der Waals surface area contributed by atoms with E-state index >= 15 is 0 Å². The number of nitrogens with one attached hydrogen (secondary N) is 1. The van der Waals surface area contributed by atoms with E-state index in [2.05, 4.69) is 10.2 Å². The van der Waals surface area contributed by atoms with Crippen LogP contribution in [0.15, 0.2) is 18.2 Å². The first-order valence-corrected chi connectivity index (χ1v) is 4.49. The Morgan fingerprint density at radius 2 is 2.19 bits per heavy atom. The van der Waals surface area contributed by atoms with Crippen molar-refractivity contribution in [3.63, 3.8) is 0 Å². The number of halogens is 1. The van der Waals surface area contributed by atoms with Gasteiger partial charge >= 0.3 is 0 Å². The lowest BCUT2D eigenvalue weighted by molar-refractivity contribution is 0.357. The van der Waals surface area contributed by atoms with Crippen LogP contribution in [0.2, 0.25) is 0 Å². The van der Waals surface area contributed by atoms with Gasteiger partial charge in [-0.25, -0.2) is 4.39 Å². The van der Waals surface area contributed by atoms with Gasteiger partial charge < -0.3 is 15.6 Å². The van der Waals surface area contributed by atoms with E-state index in [1.165, 1.54) is 19.2 Å². The Labute approximate surface area is 90.7 Å². The summed E-state index contributed by atoms with van der Waals surface area (Å²) < 4.78 is 18.2. The SMILES string of the molecule is COc1cc(-c2cc(N)n[nH]2)cc(F)c1O. The normalized spacial score (nSPS) is 10.4. The number of nitrogens with two attached hydrogens (primary N) is 1. The first kappa shape index (κ1) is 10.3. The molecule has 84 valence electrons. The first-order valence-electron chi connectivity index (χ1n) is 4.49. The zero-order valence-electron chi connectivity index (χ0n) is 8.49. The lowest BCUT2D eigenvalue weighted by atomic mass is 10.1. The number of ether oxygens (including phenoxy) is 1. The van der Waals surface area contributed by atoms with E-state index in [-0.39, 0.29) is 5.75 Å². The number of aromatic nitrogens is 2. The van der Waals surface area contributed by atoms with Crippen molar-refractivity contribution in [3.05, 3.63) is 24.0 Å². The maximum absolute atomic E-state index is 13.3. The molecule has 0 aliphatic carbocycles. The molecule has 1 heterocycles. The molecule has 4 N–H and O–H groups in total. The third-order valence-electron chi connectivity index (χ3n) is 2.16. The van der Waals surface area contributed by atoms with Crippen molar-refractivity contribution in [2.75, 3.05) is 12.8 Å². The van der Waals surface area contributed by atoms with Crippen molar-refractivity contribution >= 4 is 5.82 Å². The highest BCUT2D eigenvalue weighted by Crippen LogP contribution is 2.33. The average molecular weight is 223 g/mol. The number of nitrogen functional groups attached to an aromatic ring is 1. The number of aromatic amines is 1. The number of phenols is 1. The summed E-state index contributed by atoms with van der Waals surface area (Å²) in [6, 6.07) is 4.22. The van der Waals surface area contributed by atoms with Crippen molar-refractivity contribution < 1.29 is 14.2 Å². The number of benzene rings is 1. The average Bonchev–Trinajstić information content (AvgIpc) is 2.69. The summed E-state index contributed by atoms with van der Waals surface area (Å²) in [7, 11) is 1.35. The second-order valence-corrected chi connectivity index (χ2v) is 3.22. The topological polar surface area (TPSA) is 84.2 Å². The Balaban J connectivity index is 2.54. The molecule has 0 saturated heterocycles. The maximum atomic E-state index is 13.3. The van der Waals surface area contributed by atoms with E-state index in [1.54, 1.807) is 6.07 Å². The van der Waals surface area contributed by atoms with Crippen molar-refractivity contribution in [3.8, 4) is 22.8 Å². The number of hydrogen-bond acceptors (Lipinski definition) is 4. The van der Waals surface area contributed by atoms with Gasteiger partial charge in [-0.2, -0.15) is 5.10 Å². The van der Waals surface area contributed by atoms with Crippen LogP contribution in [0.1, 0.15) is 0 Å². The molecule has 0 fully saturated rings. The van der Waals surface area contributed by atoms with Gasteiger partial charge in [0.25, 0.3) is 0 Å². The van der Waals surface area contributed by atoms with Crippen LogP contribution in [0.3, 0.4) is 0 Å². The number of nitrogens with zero attached hydrogens (tertiary/aromatic N) is 1. The van der Waals surface area contributed by atoms with E-state index < -0.39 is 11.6 Å². The monoisotopic (exact) mass is 223 g/mol. The van der Waals surface area contributed by atoms with Gasteiger partial charge in [-0.3, -0.25) is 5.10 Å². The van der Waals surface area contributed by atoms with Crippen LogP contribution in [0.25, 0.3) is 11.3 Å². The van der Waals surface area contributed by atoms with Gasteiger partial charge in [0.15, 0.2) is 17.3 Å². The summed E-state index contributed by atoms with van der Waals surface area (Å²) in [6.45, 7) is 0. The molecule has 2 rings (SSSR count). The summed E-state index contributed by atoms with van der Waals surface area (Å²) >= 11 is 0. The van der Waals surface area contributed by atoms with Gasteiger partial charge in [0, 0.05) is 11.6 Å². The molecule has 2 aromatic rings. The van der Waals surface area contributed by atoms with Crippen LogP contribution >= 0.6 is 0 Å². The highest BCUT2D eigenvalue weighted by molar-refractivity contribution is 5.66. The second-order valence-electron chi connectivity index (χ2n) is 3.22. The molecule has 0 spiro atoms. The van der Waals surface area contributed by atoms with Crippen LogP contribution < -0.4 is 10.5 Å². The lowest BCUT2D eigenvalue weighted by Crippen LogP contribution is -1.89. The number of anilines is 1. The van der Waals surface area contributed by atoms with Crippen LogP contribution in [-0.4, -0.2) is 22.4 Å². The quantitative estimate of drug-likeness (QED) is 0.720. The fourth-order valence-corrected chi connectivity index (χ4v) is 1.37. The molecular weight excluding hydrogens is 213 g/mol. The largest absolute Gasteiger partial charge is 0.502 e. The third-order valence-corrected chi connectivity index (χ3v) is 2.16. The number of H-pyrrole nitrogens is 1. The van der Waals surface area contributed by atoms with Gasteiger partial charge in [0.2, 0.25) is 0 Å². The minimum absolute atomic E-state index is 0.0585. The maximum Gasteiger partial charge on any atom is 0.194 e. The first-order chi connectivity index (χ1) is 7.61. The Morgan fingerprint density at radius 3 is 2.75 bits per heavy atom. The van der Waals surface area contributed by atoms with Gasteiger partial charge in [0.1, 0.15) is 5.82 Å². The number of methoxy groups -OCH3 is 1. The molecule has 6 heteroatoms. The molecule has 0 amide bonds. The Bertz CT molecular complexity index is 525. The number of rotatable bonds is 2. The molecule has 1 aromatic carbocycles. The molecule has 16 heavy (non-hydrogen) atoms. The van der Waals surface area contributed by atoms with E-state index in [0.29, 0.717) is 17.1 Å². The molecule has 0 aliphatic rings. The Hall–Kier alpha value is -2.24. The van der Waals surface area contributed by atoms with E-state index in [4.69, 9.17) is 10.5 Å². The number of hydrogen-bond donors (Lipinski definition) is 3. The fourth-order valence-electron chi connectivity index (χ4n) is 1.37. The molecule has 0 bridgehead atoms. The predicted molar refractivity (Wildman–Crippen MR) is 56.6 cm³/mol. The minimum Gasteiger partial charge on any atom is -0.502 e. The van der Waals surface area contributed by atoms with Crippen LogP contribution in [0, 0.1) is 5.82 Å². The molecule has 0 unspecified atom stereocenters. The Kier molecular flexibility index (Phi) is 2.40. The highest BCUT2D eigenvalue weighted by Gasteiger charge is 2.12. The van der Waals surface area contributed by atoms with Gasteiger partial charge in [-0.05, 0) is 12.1 Å². The molecule has 0 radical (unpaired) electrons. The van der Waals surface area contributed by atoms with Gasteiger partial charge in [-0.15, -0.1) is 0 Å². The van der Waals surface area contributed by atoms with Crippen molar-refractivity contribution in [1.82, 2.24) is 10.2 Å². The van der Waals surface area contributed by atoms with Crippen molar-refractivity contribution in [2.45, 2.75) is 0 Å². The van der Waals surface area contributed by atoms with Gasteiger partial charge in [-0.1, -0.05) is 0 Å². The standard InChI is InChI=1S/C10H10FN3O2/c1-16-8-3-5(2-6(11)10(8)15)7-4-9(12)14-13-7/h2-4,15H,1H3,(H3,12,13,14).